The van der Waals surface area contributed by atoms with E-state index in [2.05, 4.69) is 25.7 Å². The first-order valence-corrected chi connectivity index (χ1v) is 9.67. The highest BCUT2D eigenvalue weighted by Crippen LogP contribution is 2.29. The summed E-state index contributed by atoms with van der Waals surface area (Å²) < 4.78 is 0. The molecule has 2 aliphatic rings. The molecule has 5 heteroatoms. The molecule has 1 aromatic rings. The van der Waals surface area contributed by atoms with Crippen LogP contribution in [0.25, 0.3) is 0 Å². The summed E-state index contributed by atoms with van der Waals surface area (Å²) in [5.41, 5.74) is 3.17. The number of benzene rings is 1. The van der Waals surface area contributed by atoms with Gasteiger partial charge >= 0.3 is 0 Å². The van der Waals surface area contributed by atoms with Crippen molar-refractivity contribution in [3.8, 4) is 0 Å². The van der Waals surface area contributed by atoms with Gasteiger partial charge in [-0.2, -0.15) is 0 Å². The number of nitrogens with zero attached hydrogens (tertiary/aromatic N) is 3. The summed E-state index contributed by atoms with van der Waals surface area (Å²) in [6.07, 6.45) is 2.01. The highest BCUT2D eigenvalue weighted by molar-refractivity contribution is 5.97. The molecule has 0 saturated carbocycles. The van der Waals surface area contributed by atoms with Crippen LogP contribution in [0.15, 0.2) is 18.2 Å². The molecule has 3 rings (SSSR count). The fourth-order valence-corrected chi connectivity index (χ4v) is 3.71. The second-order valence-corrected chi connectivity index (χ2v) is 8.71. The third-order valence-electron chi connectivity index (χ3n) is 5.44. The normalized spacial score (nSPS) is 18.2. The minimum atomic E-state index is 0.0641. The first-order chi connectivity index (χ1) is 12.2. The number of hydrogen-bond acceptors (Lipinski definition) is 3. The predicted octanol–water partition coefficient (Wildman–Crippen LogP) is 2.79. The Balaban J connectivity index is 1.59. The molecule has 26 heavy (non-hydrogen) atoms. The van der Waals surface area contributed by atoms with Crippen LogP contribution in [0.4, 0.5) is 5.69 Å². The Kier molecular flexibility index (Phi) is 5.37. The van der Waals surface area contributed by atoms with Crippen molar-refractivity contribution >= 4 is 17.5 Å². The molecule has 1 aromatic carbocycles. The lowest BCUT2D eigenvalue weighted by Gasteiger charge is -2.36. The highest BCUT2D eigenvalue weighted by atomic mass is 16.2. The average molecular weight is 357 g/mol. The minimum absolute atomic E-state index is 0.0641. The standard InChI is InChI=1S/C21H31N3O2/c1-16(25)24-9-7-17-15-18(5-6-19(17)24)20(26)23-13-11-22(12-14-23)10-8-21(2,3)4/h5-6,15H,7-14H2,1-4H3. The molecule has 2 aliphatic heterocycles. The van der Waals surface area contributed by atoms with Gasteiger partial charge in [-0.3, -0.25) is 14.5 Å². The Morgan fingerprint density at radius 3 is 2.35 bits per heavy atom. The Labute approximate surface area is 156 Å². The maximum Gasteiger partial charge on any atom is 0.253 e. The molecule has 0 unspecified atom stereocenters. The number of rotatable bonds is 3. The summed E-state index contributed by atoms with van der Waals surface area (Å²) >= 11 is 0. The third kappa shape index (κ3) is 4.26. The SMILES string of the molecule is CC(=O)N1CCc2cc(C(=O)N3CCN(CCC(C)(C)C)CC3)ccc21. The van der Waals surface area contributed by atoms with Gasteiger partial charge in [-0.25, -0.2) is 0 Å². The second kappa shape index (κ2) is 7.39. The van der Waals surface area contributed by atoms with Crippen LogP contribution >= 0.6 is 0 Å². The van der Waals surface area contributed by atoms with Gasteiger partial charge in [-0.05, 0) is 48.6 Å². The second-order valence-electron chi connectivity index (χ2n) is 8.71. The summed E-state index contributed by atoms with van der Waals surface area (Å²) in [4.78, 5) is 30.7. The van der Waals surface area contributed by atoms with E-state index in [0.29, 0.717) is 5.41 Å². The highest BCUT2D eigenvalue weighted by Gasteiger charge is 2.26. The number of piperazine rings is 1. The predicted molar refractivity (Wildman–Crippen MR) is 105 cm³/mol. The van der Waals surface area contributed by atoms with Crippen LogP contribution in [0.5, 0.6) is 0 Å². The summed E-state index contributed by atoms with van der Waals surface area (Å²) in [6.45, 7) is 13.7. The number of amides is 2. The van der Waals surface area contributed by atoms with E-state index in [9.17, 15) is 9.59 Å². The van der Waals surface area contributed by atoms with Crippen LogP contribution in [0.2, 0.25) is 0 Å². The number of hydrogen-bond donors (Lipinski definition) is 0. The van der Waals surface area contributed by atoms with Gasteiger partial charge in [0.05, 0.1) is 0 Å². The maximum atomic E-state index is 12.9. The fraction of sp³-hybridized carbons (Fsp3) is 0.619. The lowest BCUT2D eigenvalue weighted by atomic mass is 9.92. The van der Waals surface area contributed by atoms with Crippen LogP contribution in [0.3, 0.4) is 0 Å². The lowest BCUT2D eigenvalue weighted by Crippen LogP contribution is -2.49. The third-order valence-corrected chi connectivity index (χ3v) is 5.44. The van der Waals surface area contributed by atoms with Crippen molar-refractivity contribution in [2.45, 2.75) is 40.5 Å². The van der Waals surface area contributed by atoms with Crippen molar-refractivity contribution in [3.05, 3.63) is 29.3 Å². The zero-order chi connectivity index (χ0) is 18.9. The summed E-state index contributed by atoms with van der Waals surface area (Å²) in [6, 6.07) is 5.78. The van der Waals surface area contributed by atoms with Crippen LogP contribution in [-0.2, 0) is 11.2 Å². The lowest BCUT2D eigenvalue weighted by molar-refractivity contribution is -0.116. The van der Waals surface area contributed by atoms with Crippen LogP contribution < -0.4 is 4.90 Å². The van der Waals surface area contributed by atoms with Gasteiger partial charge in [-0.1, -0.05) is 20.8 Å². The Morgan fingerprint density at radius 2 is 1.73 bits per heavy atom. The fourth-order valence-electron chi connectivity index (χ4n) is 3.71. The first-order valence-electron chi connectivity index (χ1n) is 9.67. The molecule has 0 bridgehead atoms. The van der Waals surface area contributed by atoms with E-state index in [4.69, 9.17) is 0 Å². The molecule has 0 radical (unpaired) electrons. The summed E-state index contributed by atoms with van der Waals surface area (Å²) in [5, 5.41) is 0. The van der Waals surface area contributed by atoms with Crippen molar-refractivity contribution in [2.75, 3.05) is 44.2 Å². The van der Waals surface area contributed by atoms with E-state index < -0.39 is 0 Å². The molecule has 0 spiro atoms. The maximum absolute atomic E-state index is 12.9. The first kappa shape index (κ1) is 18.9. The molecule has 0 aliphatic carbocycles. The van der Waals surface area contributed by atoms with Gasteiger partial charge in [0.1, 0.15) is 0 Å². The monoisotopic (exact) mass is 357 g/mol. The minimum Gasteiger partial charge on any atom is -0.336 e. The number of carbonyl (C=O) groups excluding carboxylic acids is 2. The molecular weight excluding hydrogens is 326 g/mol. The van der Waals surface area contributed by atoms with Crippen molar-refractivity contribution in [1.82, 2.24) is 9.80 Å². The Morgan fingerprint density at radius 1 is 1.04 bits per heavy atom. The number of carbonyl (C=O) groups is 2. The van der Waals surface area contributed by atoms with E-state index in [1.807, 2.05) is 23.1 Å². The quantitative estimate of drug-likeness (QED) is 0.835. The molecule has 1 saturated heterocycles. The van der Waals surface area contributed by atoms with Crippen LogP contribution in [-0.4, -0.2) is 60.9 Å². The molecule has 5 nitrogen and oxygen atoms in total. The van der Waals surface area contributed by atoms with Crippen molar-refractivity contribution in [2.24, 2.45) is 5.41 Å². The topological polar surface area (TPSA) is 43.9 Å². The summed E-state index contributed by atoms with van der Waals surface area (Å²) in [7, 11) is 0. The van der Waals surface area contributed by atoms with Crippen molar-refractivity contribution < 1.29 is 9.59 Å². The molecule has 142 valence electrons. The average Bonchev–Trinajstić information content (AvgIpc) is 3.02. The molecule has 0 N–H and O–H groups in total. The van der Waals surface area contributed by atoms with Crippen LogP contribution in [0, 0.1) is 5.41 Å². The van der Waals surface area contributed by atoms with Gasteiger partial charge in [0, 0.05) is 50.9 Å². The summed E-state index contributed by atoms with van der Waals surface area (Å²) in [5.74, 6) is 0.179. The van der Waals surface area contributed by atoms with E-state index in [1.54, 1.807) is 11.8 Å². The van der Waals surface area contributed by atoms with Crippen molar-refractivity contribution in [1.29, 1.82) is 0 Å². The van der Waals surface area contributed by atoms with E-state index in [1.165, 1.54) is 6.42 Å². The van der Waals surface area contributed by atoms with Gasteiger partial charge in [0.2, 0.25) is 5.91 Å². The molecule has 0 atom stereocenters. The largest absolute Gasteiger partial charge is 0.336 e. The van der Waals surface area contributed by atoms with Crippen molar-refractivity contribution in [3.63, 3.8) is 0 Å². The molecule has 0 aromatic heterocycles. The molecule has 2 heterocycles. The Hall–Kier alpha value is -1.88. The van der Waals surface area contributed by atoms with E-state index in [-0.39, 0.29) is 11.8 Å². The number of fused-ring (bicyclic) bond motifs is 1. The smallest absolute Gasteiger partial charge is 0.253 e. The van der Waals surface area contributed by atoms with E-state index >= 15 is 0 Å². The number of anilines is 1. The Bertz CT molecular complexity index is 685. The van der Waals surface area contributed by atoms with Gasteiger partial charge in [0.25, 0.3) is 5.91 Å². The van der Waals surface area contributed by atoms with Gasteiger partial charge in [0.15, 0.2) is 0 Å². The van der Waals surface area contributed by atoms with Gasteiger partial charge in [-0.15, -0.1) is 0 Å². The van der Waals surface area contributed by atoms with E-state index in [0.717, 1.165) is 62.5 Å². The van der Waals surface area contributed by atoms with Crippen LogP contribution in [0.1, 0.15) is 50.0 Å². The zero-order valence-electron chi connectivity index (χ0n) is 16.5. The molecule has 2 amide bonds. The zero-order valence-corrected chi connectivity index (χ0v) is 16.5. The molecule has 1 fully saturated rings. The van der Waals surface area contributed by atoms with Gasteiger partial charge < -0.3 is 9.80 Å². The molecular formula is C21H31N3O2.